The van der Waals surface area contributed by atoms with E-state index in [-0.39, 0.29) is 17.7 Å². The topological polar surface area (TPSA) is 38.3 Å². The number of carbonyl (C=O) groups excluding carboxylic acids is 1. The number of ether oxygens (including phenoxy) is 1. The molecule has 0 unspecified atom stereocenters. The summed E-state index contributed by atoms with van der Waals surface area (Å²) in [7, 11) is 0. The third kappa shape index (κ3) is 4.89. The summed E-state index contributed by atoms with van der Waals surface area (Å²) in [6.07, 6.45) is 1.77. The van der Waals surface area contributed by atoms with Gasteiger partial charge in [-0.3, -0.25) is 4.79 Å². The van der Waals surface area contributed by atoms with Crippen molar-refractivity contribution in [1.29, 1.82) is 0 Å². The fraction of sp³-hybridized carbons (Fsp3) is 0.533. The zero-order chi connectivity index (χ0) is 14.3. The van der Waals surface area contributed by atoms with Crippen molar-refractivity contribution < 1.29 is 13.9 Å². The summed E-state index contributed by atoms with van der Waals surface area (Å²) in [5, 5.41) is 2.89. The molecule has 1 amide bonds. The van der Waals surface area contributed by atoms with Crippen molar-refractivity contribution in [2.45, 2.75) is 52.2 Å². The number of halogens is 1. The Kier molecular flexibility index (Phi) is 6.33. The molecule has 3 nitrogen and oxygen atoms in total. The van der Waals surface area contributed by atoms with Gasteiger partial charge in [-0.05, 0) is 31.9 Å². The highest BCUT2D eigenvalue weighted by Gasteiger charge is 2.20. The van der Waals surface area contributed by atoms with Gasteiger partial charge in [-0.25, -0.2) is 4.39 Å². The van der Waals surface area contributed by atoms with Crippen molar-refractivity contribution in [3.8, 4) is 5.75 Å². The lowest BCUT2D eigenvalue weighted by Gasteiger charge is -2.20. The van der Waals surface area contributed by atoms with Crippen LogP contribution in [0.5, 0.6) is 5.75 Å². The Balaban J connectivity index is 2.63. The minimum atomic E-state index is -0.656. The van der Waals surface area contributed by atoms with E-state index in [1.807, 2.05) is 13.8 Å². The summed E-state index contributed by atoms with van der Waals surface area (Å²) in [5.41, 5.74) is 0. The van der Waals surface area contributed by atoms with Gasteiger partial charge in [0.05, 0.1) is 0 Å². The highest BCUT2D eigenvalue weighted by atomic mass is 19.1. The summed E-state index contributed by atoms with van der Waals surface area (Å²) in [4.78, 5) is 12.0. The van der Waals surface area contributed by atoms with Gasteiger partial charge in [-0.2, -0.15) is 0 Å². The molecule has 0 spiro atoms. The van der Waals surface area contributed by atoms with E-state index in [4.69, 9.17) is 4.74 Å². The first-order chi connectivity index (χ1) is 9.08. The highest BCUT2D eigenvalue weighted by Crippen LogP contribution is 2.18. The van der Waals surface area contributed by atoms with Crippen molar-refractivity contribution >= 4 is 5.91 Å². The lowest BCUT2D eigenvalue weighted by atomic mass is 10.1. The fourth-order valence-electron chi connectivity index (χ4n) is 1.86. The number of amides is 1. The fourth-order valence-corrected chi connectivity index (χ4v) is 1.86. The normalized spacial score (nSPS) is 13.7. The van der Waals surface area contributed by atoms with E-state index < -0.39 is 11.9 Å². The molecular weight excluding hydrogens is 245 g/mol. The number of para-hydroxylation sites is 1. The molecule has 19 heavy (non-hydrogen) atoms. The van der Waals surface area contributed by atoms with Gasteiger partial charge in [0.2, 0.25) is 0 Å². The predicted octanol–water partition coefficient (Wildman–Crippen LogP) is 3.29. The molecule has 1 aromatic carbocycles. The molecule has 0 bridgehead atoms. The van der Waals surface area contributed by atoms with Gasteiger partial charge in [-0.15, -0.1) is 0 Å². The zero-order valence-corrected chi connectivity index (χ0v) is 11.8. The average Bonchev–Trinajstić information content (AvgIpc) is 2.37. The second-order valence-electron chi connectivity index (χ2n) is 4.64. The van der Waals surface area contributed by atoms with E-state index in [1.165, 1.54) is 12.1 Å². The maximum absolute atomic E-state index is 13.5. The van der Waals surface area contributed by atoms with E-state index in [2.05, 4.69) is 12.2 Å². The minimum Gasteiger partial charge on any atom is -0.478 e. The first kappa shape index (κ1) is 15.5. The van der Waals surface area contributed by atoms with Crippen LogP contribution in [0, 0.1) is 5.82 Å². The highest BCUT2D eigenvalue weighted by molar-refractivity contribution is 5.81. The second-order valence-corrected chi connectivity index (χ2v) is 4.64. The van der Waals surface area contributed by atoms with Crippen LogP contribution in [0.2, 0.25) is 0 Å². The van der Waals surface area contributed by atoms with Crippen molar-refractivity contribution in [3.05, 3.63) is 30.1 Å². The summed E-state index contributed by atoms with van der Waals surface area (Å²) in [5.74, 6) is -0.519. The molecule has 0 radical (unpaired) electrons. The maximum atomic E-state index is 13.5. The van der Waals surface area contributed by atoms with E-state index in [1.54, 1.807) is 12.1 Å². The van der Waals surface area contributed by atoms with Gasteiger partial charge in [0.15, 0.2) is 17.7 Å². The quantitative estimate of drug-likeness (QED) is 0.823. The van der Waals surface area contributed by atoms with E-state index in [9.17, 15) is 9.18 Å². The molecule has 0 aliphatic rings. The molecule has 106 valence electrons. The van der Waals surface area contributed by atoms with Crippen molar-refractivity contribution in [2.24, 2.45) is 0 Å². The van der Waals surface area contributed by atoms with Gasteiger partial charge in [0.1, 0.15) is 0 Å². The number of hydrogen-bond acceptors (Lipinski definition) is 2. The van der Waals surface area contributed by atoms with Gasteiger partial charge in [-0.1, -0.05) is 32.4 Å². The van der Waals surface area contributed by atoms with Gasteiger partial charge in [0, 0.05) is 6.04 Å². The summed E-state index contributed by atoms with van der Waals surface area (Å²) in [6.45, 7) is 5.86. The Hall–Kier alpha value is -1.58. The molecule has 0 aliphatic carbocycles. The third-order valence-corrected chi connectivity index (χ3v) is 2.88. The molecule has 1 rings (SSSR count). The SMILES string of the molecule is CCC[C@@H](C)NC(=O)[C@H](CC)Oc1ccccc1F. The zero-order valence-electron chi connectivity index (χ0n) is 11.8. The third-order valence-electron chi connectivity index (χ3n) is 2.88. The average molecular weight is 267 g/mol. The van der Waals surface area contributed by atoms with Crippen molar-refractivity contribution in [3.63, 3.8) is 0 Å². The number of hydrogen-bond donors (Lipinski definition) is 1. The Morgan fingerprint density at radius 1 is 1.37 bits per heavy atom. The molecule has 0 aliphatic heterocycles. The minimum absolute atomic E-state index is 0.107. The van der Waals surface area contributed by atoms with E-state index in [0.717, 1.165) is 12.8 Å². The Labute approximate surface area is 114 Å². The molecule has 0 saturated heterocycles. The molecule has 4 heteroatoms. The Morgan fingerprint density at radius 2 is 2.05 bits per heavy atom. The molecule has 1 N–H and O–H groups in total. The number of rotatable bonds is 7. The molecule has 0 aromatic heterocycles. The van der Waals surface area contributed by atoms with Gasteiger partial charge in [0.25, 0.3) is 5.91 Å². The summed E-state index contributed by atoms with van der Waals surface area (Å²) < 4.78 is 18.9. The number of nitrogens with one attached hydrogen (secondary N) is 1. The van der Waals surface area contributed by atoms with Crippen LogP contribution in [-0.2, 0) is 4.79 Å². The van der Waals surface area contributed by atoms with Crippen LogP contribution >= 0.6 is 0 Å². The van der Waals surface area contributed by atoms with Crippen LogP contribution in [-0.4, -0.2) is 18.1 Å². The van der Waals surface area contributed by atoms with E-state index >= 15 is 0 Å². The lowest BCUT2D eigenvalue weighted by molar-refractivity contribution is -0.128. The molecule has 1 aromatic rings. The van der Waals surface area contributed by atoms with Crippen LogP contribution in [0.3, 0.4) is 0 Å². The van der Waals surface area contributed by atoms with Crippen LogP contribution in [0.4, 0.5) is 4.39 Å². The van der Waals surface area contributed by atoms with Gasteiger partial charge < -0.3 is 10.1 Å². The van der Waals surface area contributed by atoms with E-state index in [0.29, 0.717) is 6.42 Å². The maximum Gasteiger partial charge on any atom is 0.261 e. The largest absolute Gasteiger partial charge is 0.478 e. The monoisotopic (exact) mass is 267 g/mol. The first-order valence-electron chi connectivity index (χ1n) is 6.80. The molecule has 2 atom stereocenters. The first-order valence-corrected chi connectivity index (χ1v) is 6.80. The van der Waals surface area contributed by atoms with Crippen LogP contribution < -0.4 is 10.1 Å². The molecule has 0 saturated carbocycles. The Morgan fingerprint density at radius 3 is 2.63 bits per heavy atom. The van der Waals surface area contributed by atoms with Crippen LogP contribution in [0.1, 0.15) is 40.0 Å². The second kappa shape index (κ2) is 7.77. The summed E-state index contributed by atoms with van der Waals surface area (Å²) in [6, 6.07) is 6.23. The molecule has 0 heterocycles. The van der Waals surface area contributed by atoms with Crippen molar-refractivity contribution in [2.75, 3.05) is 0 Å². The lowest BCUT2D eigenvalue weighted by Crippen LogP contribution is -2.42. The number of carbonyl (C=O) groups is 1. The smallest absolute Gasteiger partial charge is 0.261 e. The van der Waals surface area contributed by atoms with Gasteiger partial charge >= 0.3 is 0 Å². The summed E-state index contributed by atoms with van der Waals surface area (Å²) >= 11 is 0. The molecule has 0 fully saturated rings. The molecular formula is C15H22FNO2. The number of benzene rings is 1. The Bertz CT molecular complexity index is 409. The van der Waals surface area contributed by atoms with Crippen LogP contribution in [0.25, 0.3) is 0 Å². The van der Waals surface area contributed by atoms with Crippen molar-refractivity contribution in [1.82, 2.24) is 5.32 Å². The standard InChI is InChI=1S/C15H22FNO2/c1-4-8-11(3)17-15(18)13(5-2)19-14-10-7-6-9-12(14)16/h6-7,9-11,13H,4-5,8H2,1-3H3,(H,17,18)/t11-,13+/m1/s1. The van der Waals surface area contributed by atoms with Crippen LogP contribution in [0.15, 0.2) is 24.3 Å². The predicted molar refractivity (Wildman–Crippen MR) is 73.6 cm³/mol.